The highest BCUT2D eigenvalue weighted by atomic mass is 32.2. The highest BCUT2D eigenvalue weighted by molar-refractivity contribution is 8.00. The maximum atomic E-state index is 12.2. The smallest absolute Gasteiger partial charge is 0.250 e. The van der Waals surface area contributed by atoms with Crippen LogP contribution < -0.4 is 5.43 Å². The standard InChI is InChI=1S/C22H20N4OS/c1-2-15-6-3-9-18-17(12-24-21(15)18)13-25-26-20(27)14-28-19-10-4-7-16-8-5-11-23-22(16)19/h3-13,24H,2,14H2,1H3,(H,26,27)/b25-13+. The number of para-hydroxylation sites is 2. The Balaban J connectivity index is 1.39. The van der Waals surface area contributed by atoms with Gasteiger partial charge in [0.25, 0.3) is 0 Å². The number of hydrazone groups is 1. The monoisotopic (exact) mass is 388 g/mol. The lowest BCUT2D eigenvalue weighted by molar-refractivity contribution is -0.118. The van der Waals surface area contributed by atoms with Gasteiger partial charge in [0.05, 0.1) is 17.5 Å². The van der Waals surface area contributed by atoms with E-state index in [0.717, 1.165) is 38.7 Å². The summed E-state index contributed by atoms with van der Waals surface area (Å²) < 4.78 is 0. The van der Waals surface area contributed by atoms with Gasteiger partial charge in [-0.05, 0) is 24.1 Å². The molecule has 6 heteroatoms. The number of hydrogen-bond donors (Lipinski definition) is 2. The summed E-state index contributed by atoms with van der Waals surface area (Å²) in [6.45, 7) is 2.13. The molecule has 4 aromatic rings. The number of carbonyl (C=O) groups is 1. The van der Waals surface area contributed by atoms with Crippen LogP contribution >= 0.6 is 11.8 Å². The Morgan fingerprint density at radius 2 is 2.07 bits per heavy atom. The molecular weight excluding hydrogens is 368 g/mol. The number of carbonyl (C=O) groups excluding carboxylic acids is 1. The molecule has 0 aliphatic rings. The van der Waals surface area contributed by atoms with Gasteiger partial charge in [0.2, 0.25) is 5.91 Å². The van der Waals surface area contributed by atoms with Crippen LogP contribution in [0.2, 0.25) is 0 Å². The van der Waals surface area contributed by atoms with E-state index in [1.165, 1.54) is 17.3 Å². The van der Waals surface area contributed by atoms with Crippen LogP contribution in [0.4, 0.5) is 0 Å². The number of pyridine rings is 1. The molecule has 4 rings (SSSR count). The molecule has 0 saturated heterocycles. The molecule has 5 nitrogen and oxygen atoms in total. The molecule has 140 valence electrons. The fourth-order valence-corrected chi connectivity index (χ4v) is 4.02. The van der Waals surface area contributed by atoms with E-state index in [0.29, 0.717) is 0 Å². The first-order chi connectivity index (χ1) is 13.8. The second kappa shape index (κ2) is 8.27. The summed E-state index contributed by atoms with van der Waals surface area (Å²) >= 11 is 1.46. The molecule has 0 fully saturated rings. The van der Waals surface area contributed by atoms with E-state index < -0.39 is 0 Å². The quantitative estimate of drug-likeness (QED) is 0.290. The summed E-state index contributed by atoms with van der Waals surface area (Å²) in [7, 11) is 0. The summed E-state index contributed by atoms with van der Waals surface area (Å²) in [6.07, 6.45) is 6.32. The number of hydrogen-bond acceptors (Lipinski definition) is 4. The first-order valence-corrected chi connectivity index (χ1v) is 10.1. The molecule has 28 heavy (non-hydrogen) atoms. The van der Waals surface area contributed by atoms with E-state index >= 15 is 0 Å². The Kier molecular flexibility index (Phi) is 5.39. The Morgan fingerprint density at radius 3 is 2.96 bits per heavy atom. The fraction of sp³-hybridized carbons (Fsp3) is 0.136. The van der Waals surface area contributed by atoms with Gasteiger partial charge in [-0.15, -0.1) is 11.8 Å². The number of nitrogens with zero attached hydrogens (tertiary/aromatic N) is 2. The third-order valence-electron chi connectivity index (χ3n) is 4.56. The number of thioether (sulfide) groups is 1. The fourth-order valence-electron chi connectivity index (χ4n) is 3.18. The zero-order chi connectivity index (χ0) is 19.3. The van der Waals surface area contributed by atoms with Crippen molar-refractivity contribution in [1.82, 2.24) is 15.4 Å². The van der Waals surface area contributed by atoms with Crippen LogP contribution in [0.5, 0.6) is 0 Å². The summed E-state index contributed by atoms with van der Waals surface area (Å²) in [5, 5.41) is 6.29. The minimum atomic E-state index is -0.150. The number of aryl methyl sites for hydroxylation is 1. The molecule has 2 aromatic heterocycles. The molecule has 0 unspecified atom stereocenters. The third-order valence-corrected chi connectivity index (χ3v) is 5.61. The molecule has 0 bridgehead atoms. The maximum Gasteiger partial charge on any atom is 0.250 e. The van der Waals surface area contributed by atoms with Gasteiger partial charge in [0.1, 0.15) is 0 Å². The third kappa shape index (κ3) is 3.77. The zero-order valence-electron chi connectivity index (χ0n) is 15.5. The van der Waals surface area contributed by atoms with Crippen molar-refractivity contribution < 1.29 is 4.79 Å². The number of fused-ring (bicyclic) bond motifs is 2. The van der Waals surface area contributed by atoms with Crippen LogP contribution in [0.1, 0.15) is 18.1 Å². The van der Waals surface area contributed by atoms with Crippen molar-refractivity contribution in [2.45, 2.75) is 18.2 Å². The molecule has 0 spiro atoms. The van der Waals surface area contributed by atoms with E-state index in [9.17, 15) is 4.79 Å². The number of amides is 1. The minimum Gasteiger partial charge on any atom is -0.360 e. The maximum absolute atomic E-state index is 12.2. The van der Waals surface area contributed by atoms with Gasteiger partial charge in [-0.25, -0.2) is 5.43 Å². The number of nitrogens with one attached hydrogen (secondary N) is 2. The second-order valence-electron chi connectivity index (χ2n) is 6.35. The molecule has 0 saturated carbocycles. The first-order valence-electron chi connectivity index (χ1n) is 9.13. The normalized spacial score (nSPS) is 11.5. The topological polar surface area (TPSA) is 70.1 Å². The zero-order valence-corrected chi connectivity index (χ0v) is 16.3. The number of benzene rings is 2. The lowest BCUT2D eigenvalue weighted by Crippen LogP contribution is -2.19. The Bertz CT molecular complexity index is 1160. The van der Waals surface area contributed by atoms with Crippen molar-refractivity contribution >= 4 is 45.7 Å². The van der Waals surface area contributed by atoms with Crippen molar-refractivity contribution in [2.24, 2.45) is 5.10 Å². The number of aromatic nitrogens is 2. The van der Waals surface area contributed by atoms with Crippen LogP contribution in [-0.4, -0.2) is 27.8 Å². The van der Waals surface area contributed by atoms with Crippen molar-refractivity contribution in [2.75, 3.05) is 5.75 Å². The number of aromatic amines is 1. The lowest BCUT2D eigenvalue weighted by atomic mass is 10.1. The van der Waals surface area contributed by atoms with Gasteiger partial charge in [0.15, 0.2) is 0 Å². The summed E-state index contributed by atoms with van der Waals surface area (Å²) in [5.41, 5.74) is 6.86. The second-order valence-corrected chi connectivity index (χ2v) is 7.37. The molecule has 1 amide bonds. The molecule has 0 aliphatic carbocycles. The Hall–Kier alpha value is -3.12. The van der Waals surface area contributed by atoms with Crippen molar-refractivity contribution in [3.05, 3.63) is 72.1 Å². The van der Waals surface area contributed by atoms with Gasteiger partial charge in [-0.1, -0.05) is 43.3 Å². The van der Waals surface area contributed by atoms with Gasteiger partial charge < -0.3 is 4.98 Å². The van der Waals surface area contributed by atoms with Crippen LogP contribution in [0.25, 0.3) is 21.8 Å². The van der Waals surface area contributed by atoms with Gasteiger partial charge in [0, 0.05) is 39.1 Å². The van der Waals surface area contributed by atoms with Crippen molar-refractivity contribution in [1.29, 1.82) is 0 Å². The van der Waals surface area contributed by atoms with E-state index in [1.807, 2.05) is 42.6 Å². The van der Waals surface area contributed by atoms with Crippen molar-refractivity contribution in [3.8, 4) is 0 Å². The highest BCUT2D eigenvalue weighted by Crippen LogP contribution is 2.26. The predicted molar refractivity (Wildman–Crippen MR) is 116 cm³/mol. The number of H-pyrrole nitrogens is 1. The van der Waals surface area contributed by atoms with E-state index in [2.05, 4.69) is 39.6 Å². The molecular formula is C22H20N4OS. The molecule has 0 aliphatic heterocycles. The summed E-state index contributed by atoms with van der Waals surface area (Å²) in [5.74, 6) is 0.129. The van der Waals surface area contributed by atoms with E-state index in [4.69, 9.17) is 0 Å². The SMILES string of the molecule is CCc1cccc2c(/C=N/NC(=O)CSc3cccc4cccnc34)c[nH]c12. The van der Waals surface area contributed by atoms with Crippen LogP contribution in [0.3, 0.4) is 0 Å². The Morgan fingerprint density at radius 1 is 1.21 bits per heavy atom. The average molecular weight is 388 g/mol. The predicted octanol–water partition coefficient (Wildman–Crippen LogP) is 4.52. The van der Waals surface area contributed by atoms with Gasteiger partial charge in [-0.2, -0.15) is 5.10 Å². The Labute approximate surface area is 167 Å². The van der Waals surface area contributed by atoms with E-state index in [1.54, 1.807) is 12.4 Å². The largest absolute Gasteiger partial charge is 0.360 e. The highest BCUT2D eigenvalue weighted by Gasteiger charge is 2.07. The molecule has 2 heterocycles. The lowest BCUT2D eigenvalue weighted by Gasteiger charge is -2.04. The van der Waals surface area contributed by atoms with Gasteiger partial charge >= 0.3 is 0 Å². The first kappa shape index (κ1) is 18.3. The summed E-state index contributed by atoms with van der Waals surface area (Å²) in [6, 6.07) is 16.1. The molecule has 2 aromatic carbocycles. The van der Waals surface area contributed by atoms with E-state index in [-0.39, 0.29) is 11.7 Å². The van der Waals surface area contributed by atoms with Crippen LogP contribution in [0, 0.1) is 0 Å². The molecule has 0 radical (unpaired) electrons. The van der Waals surface area contributed by atoms with Crippen LogP contribution in [0.15, 0.2) is 70.9 Å². The van der Waals surface area contributed by atoms with Crippen LogP contribution in [-0.2, 0) is 11.2 Å². The molecule has 0 atom stereocenters. The number of rotatable bonds is 6. The minimum absolute atomic E-state index is 0.150. The summed E-state index contributed by atoms with van der Waals surface area (Å²) in [4.78, 5) is 20.9. The van der Waals surface area contributed by atoms with Crippen molar-refractivity contribution in [3.63, 3.8) is 0 Å². The molecule has 2 N–H and O–H groups in total. The average Bonchev–Trinajstić information content (AvgIpc) is 3.15. The van der Waals surface area contributed by atoms with Gasteiger partial charge in [-0.3, -0.25) is 9.78 Å².